The number of aryl methyl sites for hydroxylation is 2. The van der Waals surface area contributed by atoms with E-state index in [0.717, 1.165) is 16.3 Å². The Morgan fingerprint density at radius 2 is 1.90 bits per heavy atom. The van der Waals surface area contributed by atoms with Crippen molar-refractivity contribution in [1.29, 1.82) is 0 Å². The van der Waals surface area contributed by atoms with Gasteiger partial charge in [-0.15, -0.1) is 11.3 Å². The minimum Gasteiger partial charge on any atom is -0.508 e. The zero-order chi connectivity index (χ0) is 30.1. The number of thiazole rings is 1. The SMILES string of the molecule is Cc1csc(CCCNC(=O)[C@@H]2CC(=O)N[C@@H](Cc3ccc(O)cc3)C(=O)N(C)CCOc3ccccc3C(=O)N2)n1. The monoisotopic (exact) mass is 593 g/mol. The summed E-state index contributed by atoms with van der Waals surface area (Å²) in [5, 5.41) is 20.8. The lowest BCUT2D eigenvalue weighted by molar-refractivity contribution is -0.136. The molecule has 2 aromatic carbocycles. The number of ether oxygens (including phenoxy) is 1. The van der Waals surface area contributed by atoms with Gasteiger partial charge in [-0.2, -0.15) is 0 Å². The lowest BCUT2D eigenvalue weighted by atomic mass is 10.0. The maximum absolute atomic E-state index is 13.4. The molecular formula is C30H35N5O6S. The zero-order valence-electron chi connectivity index (χ0n) is 23.6. The van der Waals surface area contributed by atoms with Gasteiger partial charge < -0.3 is 30.7 Å². The molecule has 1 aromatic heterocycles. The first kappa shape index (κ1) is 30.5. The van der Waals surface area contributed by atoms with Crippen LogP contribution in [0.15, 0.2) is 53.9 Å². The Morgan fingerprint density at radius 1 is 1.14 bits per heavy atom. The van der Waals surface area contributed by atoms with E-state index >= 15 is 0 Å². The molecule has 0 saturated carbocycles. The van der Waals surface area contributed by atoms with Crippen LogP contribution in [0.1, 0.15) is 39.5 Å². The summed E-state index contributed by atoms with van der Waals surface area (Å²) in [5.41, 5.74) is 1.89. The van der Waals surface area contributed by atoms with Crippen molar-refractivity contribution >= 4 is 35.0 Å². The number of phenolic OH excluding ortho intramolecular Hbond substituents is 1. The Morgan fingerprint density at radius 3 is 2.64 bits per heavy atom. The summed E-state index contributed by atoms with van der Waals surface area (Å²) >= 11 is 1.56. The van der Waals surface area contributed by atoms with Crippen molar-refractivity contribution in [2.24, 2.45) is 0 Å². The molecule has 0 radical (unpaired) electrons. The number of fused-ring (bicyclic) bond motifs is 1. The van der Waals surface area contributed by atoms with E-state index in [0.29, 0.717) is 25.1 Å². The van der Waals surface area contributed by atoms with Crippen LogP contribution in [0.3, 0.4) is 0 Å². The van der Waals surface area contributed by atoms with E-state index in [4.69, 9.17) is 4.74 Å². The van der Waals surface area contributed by atoms with Crippen LogP contribution in [0.5, 0.6) is 11.5 Å². The van der Waals surface area contributed by atoms with Crippen LogP contribution < -0.4 is 20.7 Å². The zero-order valence-corrected chi connectivity index (χ0v) is 24.4. The summed E-state index contributed by atoms with van der Waals surface area (Å²) < 4.78 is 5.85. The van der Waals surface area contributed by atoms with Crippen LogP contribution in [0, 0.1) is 6.92 Å². The molecule has 0 spiro atoms. The van der Waals surface area contributed by atoms with Gasteiger partial charge in [0.2, 0.25) is 17.7 Å². The van der Waals surface area contributed by atoms with Gasteiger partial charge in [0.1, 0.15) is 30.2 Å². The molecule has 42 heavy (non-hydrogen) atoms. The van der Waals surface area contributed by atoms with Crippen LogP contribution in [0.4, 0.5) is 0 Å². The average molecular weight is 594 g/mol. The van der Waals surface area contributed by atoms with Gasteiger partial charge in [-0.25, -0.2) is 4.98 Å². The first-order chi connectivity index (χ1) is 20.2. The Kier molecular flexibility index (Phi) is 10.5. The van der Waals surface area contributed by atoms with Gasteiger partial charge in [-0.1, -0.05) is 24.3 Å². The van der Waals surface area contributed by atoms with Crippen molar-refractivity contribution in [3.63, 3.8) is 0 Å². The number of nitrogens with one attached hydrogen (secondary N) is 3. The van der Waals surface area contributed by atoms with Crippen LogP contribution in [0.25, 0.3) is 0 Å². The first-order valence-corrected chi connectivity index (χ1v) is 14.6. The van der Waals surface area contributed by atoms with Gasteiger partial charge >= 0.3 is 0 Å². The summed E-state index contributed by atoms with van der Waals surface area (Å²) in [7, 11) is 1.61. The number of benzene rings is 2. The number of amides is 4. The lowest BCUT2D eigenvalue weighted by Crippen LogP contribution is -2.53. The van der Waals surface area contributed by atoms with Crippen molar-refractivity contribution in [3.8, 4) is 11.5 Å². The standard InChI is InChI=1S/C30H35N5O6S/c1-19-18-42-27(32-19)8-5-13-31-29(39)23-17-26(37)33-24(16-20-9-11-21(36)12-10-20)30(40)35(2)14-15-41-25-7-4-3-6-22(25)28(38)34-23/h3-4,6-7,9-12,18,23-24,36H,5,8,13-17H2,1-2H3,(H,31,39)(H,33,37)(H,34,38)/t23-,24-/m0/s1. The number of rotatable bonds is 7. The van der Waals surface area contributed by atoms with E-state index in [2.05, 4.69) is 20.9 Å². The summed E-state index contributed by atoms with van der Waals surface area (Å²) in [6, 6.07) is 10.8. The number of carbonyl (C=O) groups is 4. The molecule has 0 bridgehead atoms. The maximum Gasteiger partial charge on any atom is 0.255 e. The molecule has 2 atom stereocenters. The van der Waals surface area contributed by atoms with E-state index in [1.807, 2.05) is 12.3 Å². The fourth-order valence-corrected chi connectivity index (χ4v) is 5.31. The Bertz CT molecular complexity index is 1410. The number of carbonyl (C=O) groups excluding carboxylic acids is 4. The van der Waals surface area contributed by atoms with Crippen molar-refractivity contribution in [2.75, 3.05) is 26.7 Å². The van der Waals surface area contributed by atoms with E-state index in [9.17, 15) is 24.3 Å². The Balaban J connectivity index is 1.52. The van der Waals surface area contributed by atoms with Crippen molar-refractivity contribution in [2.45, 2.75) is 44.7 Å². The molecule has 12 heteroatoms. The number of hydrogen-bond acceptors (Lipinski definition) is 8. The molecule has 0 fully saturated rings. The van der Waals surface area contributed by atoms with Gasteiger partial charge in [-0.3, -0.25) is 19.2 Å². The number of nitrogens with zero attached hydrogens (tertiary/aromatic N) is 2. The largest absolute Gasteiger partial charge is 0.508 e. The highest BCUT2D eigenvalue weighted by molar-refractivity contribution is 7.09. The normalized spacial score (nSPS) is 18.2. The van der Waals surface area contributed by atoms with E-state index in [1.54, 1.807) is 54.8 Å². The maximum atomic E-state index is 13.4. The van der Waals surface area contributed by atoms with Crippen LogP contribution in [-0.2, 0) is 27.2 Å². The van der Waals surface area contributed by atoms with Crippen LogP contribution >= 0.6 is 11.3 Å². The van der Waals surface area contributed by atoms with Gasteiger partial charge in [0, 0.05) is 37.5 Å². The molecular weight excluding hydrogens is 558 g/mol. The summed E-state index contributed by atoms with van der Waals surface area (Å²) in [4.78, 5) is 59.0. The molecule has 4 N–H and O–H groups in total. The molecule has 11 nitrogen and oxygen atoms in total. The van der Waals surface area contributed by atoms with Crippen molar-refractivity contribution in [3.05, 3.63) is 75.7 Å². The highest BCUT2D eigenvalue weighted by Crippen LogP contribution is 2.19. The Hall–Kier alpha value is -4.45. The topological polar surface area (TPSA) is 150 Å². The average Bonchev–Trinajstić information content (AvgIpc) is 3.39. The molecule has 4 amide bonds. The molecule has 2 heterocycles. The number of likely N-dealkylation sites (N-methyl/N-ethyl adjacent to an activating group) is 1. The fourth-order valence-electron chi connectivity index (χ4n) is 4.49. The molecule has 0 unspecified atom stereocenters. The predicted octanol–water partition coefficient (Wildman–Crippen LogP) is 1.97. The van der Waals surface area contributed by atoms with E-state index in [1.165, 1.54) is 17.0 Å². The summed E-state index contributed by atoms with van der Waals surface area (Å²) in [6.07, 6.45) is 1.11. The summed E-state index contributed by atoms with van der Waals surface area (Å²) in [6.45, 7) is 2.57. The third-order valence-corrected chi connectivity index (χ3v) is 7.77. The molecule has 4 rings (SSSR count). The van der Waals surface area contributed by atoms with Crippen LogP contribution in [-0.4, -0.2) is 77.4 Å². The number of phenols is 1. The lowest BCUT2D eigenvalue weighted by Gasteiger charge is -2.27. The molecule has 3 aromatic rings. The van der Waals surface area contributed by atoms with E-state index in [-0.39, 0.29) is 43.2 Å². The highest BCUT2D eigenvalue weighted by Gasteiger charge is 2.30. The van der Waals surface area contributed by atoms with Gasteiger partial charge in [0.05, 0.1) is 23.5 Å². The molecule has 1 aliphatic rings. The second-order valence-corrected chi connectivity index (χ2v) is 11.0. The smallest absolute Gasteiger partial charge is 0.255 e. The number of para-hydroxylation sites is 1. The number of hydrogen-bond donors (Lipinski definition) is 4. The number of aromatic nitrogens is 1. The third-order valence-electron chi connectivity index (χ3n) is 6.75. The van der Waals surface area contributed by atoms with Gasteiger partial charge in [-0.05, 0) is 43.2 Å². The molecule has 0 aliphatic carbocycles. The third kappa shape index (κ3) is 8.53. The van der Waals surface area contributed by atoms with Gasteiger partial charge in [0.15, 0.2) is 0 Å². The van der Waals surface area contributed by atoms with Crippen molar-refractivity contribution in [1.82, 2.24) is 25.8 Å². The highest BCUT2D eigenvalue weighted by atomic mass is 32.1. The quantitative estimate of drug-likeness (QED) is 0.306. The van der Waals surface area contributed by atoms with Crippen LogP contribution in [0.2, 0.25) is 0 Å². The molecule has 1 aliphatic heterocycles. The van der Waals surface area contributed by atoms with Crippen molar-refractivity contribution < 1.29 is 29.0 Å². The predicted molar refractivity (Wildman–Crippen MR) is 157 cm³/mol. The summed E-state index contributed by atoms with van der Waals surface area (Å²) in [5.74, 6) is -1.60. The molecule has 0 saturated heterocycles. The minimum atomic E-state index is -1.20. The van der Waals surface area contributed by atoms with Gasteiger partial charge in [0.25, 0.3) is 5.91 Å². The van der Waals surface area contributed by atoms with E-state index < -0.39 is 29.8 Å². The second kappa shape index (κ2) is 14.4. The number of aromatic hydroxyl groups is 1. The second-order valence-electron chi connectivity index (χ2n) is 10.1. The Labute approximate surface area is 248 Å². The molecule has 222 valence electrons. The fraction of sp³-hybridized carbons (Fsp3) is 0.367. The minimum absolute atomic E-state index is 0.0843. The first-order valence-electron chi connectivity index (χ1n) is 13.7.